The summed E-state index contributed by atoms with van der Waals surface area (Å²) in [7, 11) is 0. The summed E-state index contributed by atoms with van der Waals surface area (Å²) in [6, 6.07) is 8.12. The van der Waals surface area contributed by atoms with Gasteiger partial charge in [0.05, 0.1) is 5.52 Å². The summed E-state index contributed by atoms with van der Waals surface area (Å²) in [6.07, 6.45) is 3.41. The first kappa shape index (κ1) is 10.4. The number of anilines is 1. The first-order valence-corrected chi connectivity index (χ1v) is 6.15. The summed E-state index contributed by atoms with van der Waals surface area (Å²) in [6.45, 7) is 2.10. The molecule has 1 fully saturated rings. The lowest BCUT2D eigenvalue weighted by Crippen LogP contribution is -2.03. The van der Waals surface area contributed by atoms with Gasteiger partial charge < -0.3 is 10.4 Å². The smallest absolute Gasteiger partial charge is 0.117 e. The van der Waals surface area contributed by atoms with Gasteiger partial charge in [0, 0.05) is 28.9 Å². The summed E-state index contributed by atoms with van der Waals surface area (Å²) < 4.78 is 0. The molecule has 0 bridgehead atoms. The molecule has 0 amide bonds. The molecular formula is C14H16N2O. The molecule has 3 nitrogen and oxygen atoms in total. The topological polar surface area (TPSA) is 45.1 Å². The number of pyridine rings is 1. The molecule has 1 aromatic carbocycles. The van der Waals surface area contributed by atoms with Gasteiger partial charge in [-0.05, 0) is 37.5 Å². The van der Waals surface area contributed by atoms with Crippen LogP contribution < -0.4 is 5.32 Å². The van der Waals surface area contributed by atoms with Gasteiger partial charge in [0.25, 0.3) is 0 Å². The maximum Gasteiger partial charge on any atom is 0.117 e. The molecule has 1 aliphatic carbocycles. The van der Waals surface area contributed by atoms with Crippen molar-refractivity contribution in [3.8, 4) is 5.75 Å². The van der Waals surface area contributed by atoms with Crippen LogP contribution in [0.2, 0.25) is 0 Å². The van der Waals surface area contributed by atoms with Crippen LogP contribution in [0.25, 0.3) is 10.9 Å². The van der Waals surface area contributed by atoms with Gasteiger partial charge in [0.2, 0.25) is 0 Å². The van der Waals surface area contributed by atoms with Crippen LogP contribution >= 0.6 is 0 Å². The highest BCUT2D eigenvalue weighted by Gasteiger charge is 2.21. The quantitative estimate of drug-likeness (QED) is 0.848. The lowest BCUT2D eigenvalue weighted by molar-refractivity contribution is 0.476. The zero-order valence-electron chi connectivity index (χ0n) is 9.90. The highest BCUT2D eigenvalue weighted by molar-refractivity contribution is 5.92. The summed E-state index contributed by atoms with van der Waals surface area (Å²) in [5, 5.41) is 14.1. The number of hydrogen-bond donors (Lipinski definition) is 2. The van der Waals surface area contributed by atoms with E-state index >= 15 is 0 Å². The third-order valence-electron chi connectivity index (χ3n) is 3.15. The molecule has 3 heteroatoms. The Morgan fingerprint density at radius 3 is 2.88 bits per heavy atom. The summed E-state index contributed by atoms with van der Waals surface area (Å²) in [5.41, 5.74) is 3.08. The minimum atomic E-state index is 0.274. The monoisotopic (exact) mass is 228 g/mol. The number of phenolic OH excluding ortho intramolecular Hbond substituents is 1. The van der Waals surface area contributed by atoms with Crippen LogP contribution in [0.5, 0.6) is 5.75 Å². The van der Waals surface area contributed by atoms with Crippen LogP contribution in [-0.4, -0.2) is 16.1 Å². The van der Waals surface area contributed by atoms with Gasteiger partial charge >= 0.3 is 0 Å². The van der Waals surface area contributed by atoms with Crippen LogP contribution in [-0.2, 0) is 6.42 Å². The predicted octanol–water partition coefficient (Wildman–Crippen LogP) is 3.08. The largest absolute Gasteiger partial charge is 0.508 e. The normalized spacial score (nSPS) is 15.1. The Bertz CT molecular complexity index is 561. The summed E-state index contributed by atoms with van der Waals surface area (Å²) in [5.74, 6) is 0.274. The number of nitrogens with one attached hydrogen (secondary N) is 1. The second-order valence-electron chi connectivity index (χ2n) is 4.63. The fourth-order valence-corrected chi connectivity index (χ4v) is 2.02. The van der Waals surface area contributed by atoms with E-state index in [1.807, 2.05) is 6.07 Å². The Hall–Kier alpha value is -1.77. The number of rotatable bonds is 3. The fourth-order valence-electron chi connectivity index (χ4n) is 2.02. The standard InChI is InChI=1S/C14H16N2O/c1-2-9-7-13(16-10-3-4-10)12-6-5-11(17)8-14(12)15-9/h5-8,10,17H,2-4H2,1H3,(H,15,16). The van der Waals surface area contributed by atoms with Crippen molar-refractivity contribution in [3.05, 3.63) is 30.0 Å². The van der Waals surface area contributed by atoms with E-state index in [0.29, 0.717) is 6.04 Å². The second kappa shape index (κ2) is 3.91. The summed E-state index contributed by atoms with van der Waals surface area (Å²) >= 11 is 0. The lowest BCUT2D eigenvalue weighted by Gasteiger charge is -2.10. The molecule has 0 unspecified atom stereocenters. The zero-order valence-corrected chi connectivity index (χ0v) is 9.90. The Labute approximate surface area is 100 Å². The number of aryl methyl sites for hydroxylation is 1. The number of benzene rings is 1. The minimum Gasteiger partial charge on any atom is -0.508 e. The van der Waals surface area contributed by atoms with E-state index in [1.54, 1.807) is 12.1 Å². The van der Waals surface area contributed by atoms with Crippen LogP contribution in [0.4, 0.5) is 5.69 Å². The highest BCUT2D eigenvalue weighted by atomic mass is 16.3. The molecule has 2 N–H and O–H groups in total. The van der Waals surface area contributed by atoms with E-state index < -0.39 is 0 Å². The van der Waals surface area contributed by atoms with E-state index in [0.717, 1.165) is 28.7 Å². The molecule has 0 spiro atoms. The molecule has 1 aromatic heterocycles. The van der Waals surface area contributed by atoms with Crippen LogP contribution in [0, 0.1) is 0 Å². The Balaban J connectivity index is 2.15. The molecule has 17 heavy (non-hydrogen) atoms. The van der Waals surface area contributed by atoms with Gasteiger partial charge in [-0.15, -0.1) is 0 Å². The van der Waals surface area contributed by atoms with Crippen LogP contribution in [0.15, 0.2) is 24.3 Å². The van der Waals surface area contributed by atoms with E-state index in [1.165, 1.54) is 12.8 Å². The molecule has 2 aromatic rings. The Morgan fingerprint density at radius 1 is 1.35 bits per heavy atom. The molecule has 3 rings (SSSR count). The third kappa shape index (κ3) is 2.05. The van der Waals surface area contributed by atoms with Crippen molar-refractivity contribution in [3.63, 3.8) is 0 Å². The van der Waals surface area contributed by atoms with Crippen molar-refractivity contribution in [2.24, 2.45) is 0 Å². The van der Waals surface area contributed by atoms with Gasteiger partial charge in [0.1, 0.15) is 5.75 Å². The van der Waals surface area contributed by atoms with Crippen LogP contribution in [0.1, 0.15) is 25.5 Å². The molecule has 1 saturated carbocycles. The van der Waals surface area contributed by atoms with Gasteiger partial charge in [-0.1, -0.05) is 6.92 Å². The van der Waals surface area contributed by atoms with Crippen molar-refractivity contribution in [2.45, 2.75) is 32.2 Å². The molecule has 0 aliphatic heterocycles. The molecule has 1 aliphatic rings. The number of aromatic hydroxyl groups is 1. The van der Waals surface area contributed by atoms with Gasteiger partial charge in [-0.2, -0.15) is 0 Å². The van der Waals surface area contributed by atoms with E-state index in [2.05, 4.69) is 23.3 Å². The Morgan fingerprint density at radius 2 is 2.18 bits per heavy atom. The van der Waals surface area contributed by atoms with Crippen molar-refractivity contribution in [1.82, 2.24) is 4.98 Å². The predicted molar refractivity (Wildman–Crippen MR) is 69.4 cm³/mol. The second-order valence-corrected chi connectivity index (χ2v) is 4.63. The molecule has 0 radical (unpaired) electrons. The maximum atomic E-state index is 9.52. The highest BCUT2D eigenvalue weighted by Crippen LogP contribution is 2.31. The Kier molecular flexibility index (Phi) is 2.39. The van der Waals surface area contributed by atoms with Gasteiger partial charge in [-0.25, -0.2) is 0 Å². The number of hydrogen-bond acceptors (Lipinski definition) is 3. The molecule has 88 valence electrons. The molecular weight excluding hydrogens is 212 g/mol. The average Bonchev–Trinajstić information content (AvgIpc) is 3.12. The number of fused-ring (bicyclic) bond motifs is 1. The number of phenols is 1. The molecule has 0 saturated heterocycles. The van der Waals surface area contributed by atoms with Crippen molar-refractivity contribution in [1.29, 1.82) is 0 Å². The maximum absolute atomic E-state index is 9.52. The third-order valence-corrected chi connectivity index (χ3v) is 3.15. The minimum absolute atomic E-state index is 0.274. The number of aromatic nitrogens is 1. The van der Waals surface area contributed by atoms with Crippen molar-refractivity contribution in [2.75, 3.05) is 5.32 Å². The molecule has 1 heterocycles. The van der Waals surface area contributed by atoms with Crippen molar-refractivity contribution >= 4 is 16.6 Å². The van der Waals surface area contributed by atoms with Crippen molar-refractivity contribution < 1.29 is 5.11 Å². The van der Waals surface area contributed by atoms with E-state index in [-0.39, 0.29) is 5.75 Å². The first-order valence-electron chi connectivity index (χ1n) is 6.15. The van der Waals surface area contributed by atoms with Crippen LogP contribution in [0.3, 0.4) is 0 Å². The number of nitrogens with zero attached hydrogens (tertiary/aromatic N) is 1. The van der Waals surface area contributed by atoms with E-state index in [4.69, 9.17) is 0 Å². The van der Waals surface area contributed by atoms with E-state index in [9.17, 15) is 5.11 Å². The fraction of sp³-hybridized carbons (Fsp3) is 0.357. The SMILES string of the molecule is CCc1cc(NC2CC2)c2ccc(O)cc2n1. The lowest BCUT2D eigenvalue weighted by atomic mass is 10.1. The molecule has 0 atom stereocenters. The van der Waals surface area contributed by atoms with Gasteiger partial charge in [0.15, 0.2) is 0 Å². The first-order chi connectivity index (χ1) is 8.26. The average molecular weight is 228 g/mol. The summed E-state index contributed by atoms with van der Waals surface area (Å²) in [4.78, 5) is 4.54. The zero-order chi connectivity index (χ0) is 11.8. The van der Waals surface area contributed by atoms with Gasteiger partial charge in [-0.3, -0.25) is 4.98 Å².